The van der Waals surface area contributed by atoms with Crippen LogP contribution in [-0.2, 0) is 0 Å². The van der Waals surface area contributed by atoms with Gasteiger partial charge in [-0.3, -0.25) is 0 Å². The van der Waals surface area contributed by atoms with E-state index in [1.54, 1.807) is 36.4 Å². The van der Waals surface area contributed by atoms with Crippen LogP contribution in [0.2, 0.25) is 0 Å². The molecule has 5 nitrogen and oxygen atoms in total. The van der Waals surface area contributed by atoms with Gasteiger partial charge in [-0.1, -0.05) is 6.07 Å². The zero-order valence-electron chi connectivity index (χ0n) is 10.8. The monoisotopic (exact) mass is 264 g/mol. The van der Waals surface area contributed by atoms with Crippen LogP contribution in [0.3, 0.4) is 0 Å². The third kappa shape index (κ3) is 2.47. The van der Waals surface area contributed by atoms with Gasteiger partial charge in [0.25, 0.3) is 0 Å². The molecule has 0 aliphatic carbocycles. The van der Waals surface area contributed by atoms with Crippen molar-refractivity contribution in [1.82, 2.24) is 0 Å². The molecule has 0 saturated carbocycles. The average Bonchev–Trinajstić information content (AvgIpc) is 2.47. The van der Waals surface area contributed by atoms with Gasteiger partial charge in [0.15, 0.2) is 0 Å². The summed E-state index contributed by atoms with van der Waals surface area (Å²) in [4.78, 5) is 0. The quantitative estimate of drug-likeness (QED) is 0.831. The van der Waals surface area contributed by atoms with E-state index < -0.39 is 0 Å². The molecule has 0 aliphatic rings. The van der Waals surface area contributed by atoms with Gasteiger partial charge < -0.3 is 15.8 Å². The van der Waals surface area contributed by atoms with Crippen LogP contribution in [0.25, 0.3) is 0 Å². The average molecular weight is 264 g/mol. The molecule has 2 aromatic carbocycles. The lowest BCUT2D eigenvalue weighted by molar-refractivity contribution is 0.416. The van der Waals surface area contributed by atoms with Crippen molar-refractivity contribution in [2.24, 2.45) is 0 Å². The highest BCUT2D eigenvalue weighted by molar-refractivity contribution is 5.75. The Balaban J connectivity index is 2.43. The Morgan fingerprint density at radius 2 is 1.85 bits per heavy atom. The summed E-state index contributed by atoms with van der Waals surface area (Å²) in [6, 6.07) is 14.3. The van der Waals surface area contributed by atoms with E-state index in [1.165, 1.54) is 7.11 Å². The van der Waals surface area contributed by atoms with Crippen molar-refractivity contribution < 1.29 is 4.74 Å². The molecule has 0 atom stereocenters. The molecule has 0 radical (unpaired) electrons. The van der Waals surface area contributed by atoms with Crippen molar-refractivity contribution in [3.8, 4) is 17.9 Å². The molecule has 0 fully saturated rings. The molecule has 0 aliphatic heterocycles. The lowest BCUT2D eigenvalue weighted by Crippen LogP contribution is -1.99. The van der Waals surface area contributed by atoms with Gasteiger partial charge in [0.2, 0.25) is 0 Å². The maximum absolute atomic E-state index is 9.14. The number of anilines is 3. The van der Waals surface area contributed by atoms with E-state index in [-0.39, 0.29) is 0 Å². The molecule has 0 saturated heterocycles. The van der Waals surface area contributed by atoms with Gasteiger partial charge in [0.1, 0.15) is 17.9 Å². The van der Waals surface area contributed by atoms with E-state index in [2.05, 4.69) is 11.4 Å². The predicted octanol–water partition coefficient (Wildman–Crippen LogP) is 2.76. The van der Waals surface area contributed by atoms with Crippen LogP contribution in [0, 0.1) is 22.7 Å². The molecule has 0 unspecified atom stereocenters. The molecule has 0 aromatic heterocycles. The molecule has 0 spiro atoms. The standard InChI is InChI=1S/C15H12N4O/c1-20-14-4-2-3-11(9-17)15(14)19-12-6-5-10(8-16)13(18)7-12/h2-7,19H,18H2,1H3. The van der Waals surface area contributed by atoms with E-state index in [9.17, 15) is 0 Å². The molecule has 0 heterocycles. The van der Waals surface area contributed by atoms with Crippen molar-refractivity contribution in [2.45, 2.75) is 0 Å². The second kappa shape index (κ2) is 5.64. The highest BCUT2D eigenvalue weighted by Gasteiger charge is 2.09. The van der Waals surface area contributed by atoms with Crippen LogP contribution in [-0.4, -0.2) is 7.11 Å². The van der Waals surface area contributed by atoms with Crippen LogP contribution in [0.1, 0.15) is 11.1 Å². The van der Waals surface area contributed by atoms with Crippen molar-refractivity contribution in [3.63, 3.8) is 0 Å². The summed E-state index contributed by atoms with van der Waals surface area (Å²) in [7, 11) is 1.54. The smallest absolute Gasteiger partial charge is 0.143 e. The van der Waals surface area contributed by atoms with Crippen LogP contribution in [0.15, 0.2) is 36.4 Å². The van der Waals surface area contributed by atoms with E-state index in [1.807, 2.05) is 6.07 Å². The summed E-state index contributed by atoms with van der Waals surface area (Å²) in [5.74, 6) is 0.562. The first-order valence-corrected chi connectivity index (χ1v) is 5.83. The molecular formula is C15H12N4O. The van der Waals surface area contributed by atoms with Crippen molar-refractivity contribution in [2.75, 3.05) is 18.2 Å². The maximum atomic E-state index is 9.14. The minimum Gasteiger partial charge on any atom is -0.495 e. The van der Waals surface area contributed by atoms with Crippen molar-refractivity contribution in [3.05, 3.63) is 47.5 Å². The fourth-order valence-corrected chi connectivity index (χ4v) is 1.81. The Labute approximate surface area is 116 Å². The number of hydrogen-bond donors (Lipinski definition) is 2. The van der Waals surface area contributed by atoms with Crippen molar-refractivity contribution >= 4 is 17.1 Å². The second-order valence-electron chi connectivity index (χ2n) is 4.03. The second-order valence-corrected chi connectivity index (χ2v) is 4.03. The molecule has 2 rings (SSSR count). The first kappa shape index (κ1) is 13.3. The van der Waals surface area contributed by atoms with Gasteiger partial charge in [-0.25, -0.2) is 0 Å². The summed E-state index contributed by atoms with van der Waals surface area (Å²) in [5, 5.41) is 21.1. The maximum Gasteiger partial charge on any atom is 0.143 e. The van der Waals surface area contributed by atoms with Gasteiger partial charge in [-0.15, -0.1) is 0 Å². The lowest BCUT2D eigenvalue weighted by atomic mass is 10.1. The largest absolute Gasteiger partial charge is 0.495 e. The van der Waals surface area contributed by atoms with Gasteiger partial charge in [0.05, 0.1) is 29.6 Å². The zero-order chi connectivity index (χ0) is 14.5. The fraction of sp³-hybridized carbons (Fsp3) is 0.0667. The predicted molar refractivity (Wildman–Crippen MR) is 76.6 cm³/mol. The molecular weight excluding hydrogens is 252 g/mol. The topological polar surface area (TPSA) is 94.9 Å². The highest BCUT2D eigenvalue weighted by Crippen LogP contribution is 2.31. The van der Waals surface area contributed by atoms with Crippen LogP contribution in [0.4, 0.5) is 17.1 Å². The van der Waals surface area contributed by atoms with E-state index in [0.29, 0.717) is 33.9 Å². The molecule has 0 amide bonds. The Hall–Kier alpha value is -3.18. The number of benzene rings is 2. The summed E-state index contributed by atoms with van der Waals surface area (Å²) in [6.07, 6.45) is 0. The molecule has 5 heteroatoms. The van der Waals surface area contributed by atoms with E-state index >= 15 is 0 Å². The zero-order valence-corrected chi connectivity index (χ0v) is 10.8. The molecule has 20 heavy (non-hydrogen) atoms. The Morgan fingerprint density at radius 1 is 1.10 bits per heavy atom. The number of nitriles is 2. The first-order chi connectivity index (χ1) is 9.69. The highest BCUT2D eigenvalue weighted by atomic mass is 16.5. The summed E-state index contributed by atoms with van der Waals surface area (Å²) >= 11 is 0. The van der Waals surface area contributed by atoms with Crippen LogP contribution in [0.5, 0.6) is 5.75 Å². The summed E-state index contributed by atoms with van der Waals surface area (Å²) in [5.41, 5.74) is 8.28. The number of nitrogen functional groups attached to an aromatic ring is 1. The number of rotatable bonds is 3. The minimum atomic E-state index is 0.380. The number of nitrogens with one attached hydrogen (secondary N) is 1. The van der Waals surface area contributed by atoms with Crippen LogP contribution >= 0.6 is 0 Å². The minimum absolute atomic E-state index is 0.380. The van der Waals surface area contributed by atoms with E-state index in [0.717, 1.165) is 0 Å². The number of methoxy groups -OCH3 is 1. The summed E-state index contributed by atoms with van der Waals surface area (Å²) < 4.78 is 5.24. The van der Waals surface area contributed by atoms with Crippen LogP contribution < -0.4 is 15.8 Å². The lowest BCUT2D eigenvalue weighted by Gasteiger charge is -2.13. The fourth-order valence-electron chi connectivity index (χ4n) is 1.81. The SMILES string of the molecule is COc1cccc(C#N)c1Nc1ccc(C#N)c(N)c1. The van der Waals surface area contributed by atoms with Gasteiger partial charge in [0, 0.05) is 5.69 Å². The number of nitrogens with zero attached hydrogens (tertiary/aromatic N) is 2. The third-order valence-electron chi connectivity index (χ3n) is 2.81. The number of ether oxygens (including phenoxy) is 1. The van der Waals surface area contributed by atoms with Gasteiger partial charge >= 0.3 is 0 Å². The Morgan fingerprint density at radius 3 is 2.45 bits per heavy atom. The first-order valence-electron chi connectivity index (χ1n) is 5.83. The number of para-hydroxylation sites is 1. The van der Waals surface area contributed by atoms with Gasteiger partial charge in [-0.05, 0) is 30.3 Å². The number of nitrogens with two attached hydrogens (primary N) is 1. The molecule has 0 bridgehead atoms. The molecule has 2 aromatic rings. The Kier molecular flexibility index (Phi) is 3.74. The van der Waals surface area contributed by atoms with Crippen molar-refractivity contribution in [1.29, 1.82) is 10.5 Å². The third-order valence-corrected chi connectivity index (χ3v) is 2.81. The molecule has 98 valence electrons. The molecule has 3 N–H and O–H groups in total. The van der Waals surface area contributed by atoms with E-state index in [4.69, 9.17) is 21.0 Å². The Bertz CT molecular complexity index is 726. The normalized spacial score (nSPS) is 9.35. The van der Waals surface area contributed by atoms with Gasteiger partial charge in [-0.2, -0.15) is 10.5 Å². The summed E-state index contributed by atoms with van der Waals surface area (Å²) in [6.45, 7) is 0. The number of hydrogen-bond acceptors (Lipinski definition) is 5.